The largest absolute Gasteiger partial charge is 0.308 e. The van der Waals surface area contributed by atoms with E-state index in [4.69, 9.17) is 5.84 Å². The molecule has 0 saturated heterocycles. The summed E-state index contributed by atoms with van der Waals surface area (Å²) in [5.74, 6) is 6.66. The van der Waals surface area contributed by atoms with Crippen molar-refractivity contribution in [2.24, 2.45) is 5.84 Å². The molecule has 0 radical (unpaired) electrons. The summed E-state index contributed by atoms with van der Waals surface area (Å²) in [5, 5.41) is 0.868. The molecule has 3 N–H and O–H groups in total. The summed E-state index contributed by atoms with van der Waals surface area (Å²) < 4.78 is 1.06. The van der Waals surface area contributed by atoms with Crippen molar-refractivity contribution in [3.05, 3.63) is 40.6 Å². The summed E-state index contributed by atoms with van der Waals surface area (Å²) in [5.41, 5.74) is 2.53. The minimum Gasteiger partial charge on any atom is -0.308 e. The molecule has 2 aromatic rings. The van der Waals surface area contributed by atoms with E-state index in [0.29, 0.717) is 11.6 Å². The average molecular weight is 311 g/mol. The molecule has 0 unspecified atom stereocenters. The molecular formula is C11H11BrN4S. The smallest absolute Gasteiger partial charge is 0.144 e. The maximum Gasteiger partial charge on any atom is 0.144 e. The molecule has 0 saturated carbocycles. The molecule has 0 spiro atoms. The Kier molecular flexibility index (Phi) is 3.98. The first-order valence-corrected chi connectivity index (χ1v) is 6.54. The van der Waals surface area contributed by atoms with Crippen molar-refractivity contribution in [3.8, 4) is 0 Å². The van der Waals surface area contributed by atoms with Gasteiger partial charge in [0.2, 0.25) is 0 Å². The molecular weight excluding hydrogens is 300 g/mol. The molecule has 0 fully saturated rings. The number of anilines is 1. The van der Waals surface area contributed by atoms with Crippen LogP contribution in [-0.4, -0.2) is 9.97 Å². The van der Waals surface area contributed by atoms with Gasteiger partial charge in [-0.2, -0.15) is 0 Å². The first-order chi connectivity index (χ1) is 8.17. The summed E-state index contributed by atoms with van der Waals surface area (Å²) in [6.45, 7) is 1.84. The van der Waals surface area contributed by atoms with Gasteiger partial charge in [-0.3, -0.25) is 0 Å². The number of nitrogens with zero attached hydrogens (tertiary/aromatic N) is 2. The Morgan fingerprint density at radius 3 is 2.59 bits per heavy atom. The van der Waals surface area contributed by atoms with Crippen LogP contribution in [0.3, 0.4) is 0 Å². The zero-order valence-electron chi connectivity index (χ0n) is 9.14. The Bertz CT molecular complexity index is 515. The van der Waals surface area contributed by atoms with Crippen molar-refractivity contribution in [1.82, 2.24) is 9.97 Å². The SMILES string of the molecule is Cc1nc(NN)cc(Sc2ccc(Br)cc2)n1. The van der Waals surface area contributed by atoms with Crippen LogP contribution in [0.5, 0.6) is 0 Å². The van der Waals surface area contributed by atoms with E-state index in [-0.39, 0.29) is 0 Å². The lowest BCUT2D eigenvalue weighted by Gasteiger charge is -2.05. The van der Waals surface area contributed by atoms with Gasteiger partial charge in [-0.15, -0.1) is 0 Å². The second-order valence-electron chi connectivity index (χ2n) is 3.34. The second-order valence-corrected chi connectivity index (χ2v) is 5.35. The predicted octanol–water partition coefficient (Wildman–Crippen LogP) is 2.98. The van der Waals surface area contributed by atoms with Gasteiger partial charge in [-0.1, -0.05) is 27.7 Å². The van der Waals surface area contributed by atoms with Gasteiger partial charge in [0.1, 0.15) is 16.7 Å². The number of rotatable bonds is 3. The predicted molar refractivity (Wildman–Crippen MR) is 72.8 cm³/mol. The molecule has 6 heteroatoms. The van der Waals surface area contributed by atoms with E-state index in [9.17, 15) is 0 Å². The molecule has 0 amide bonds. The van der Waals surface area contributed by atoms with Crippen molar-refractivity contribution in [1.29, 1.82) is 0 Å². The van der Waals surface area contributed by atoms with Crippen LogP contribution in [0.15, 0.2) is 44.7 Å². The minimum atomic E-state index is 0.622. The van der Waals surface area contributed by atoms with Gasteiger partial charge in [0.05, 0.1) is 0 Å². The lowest BCUT2D eigenvalue weighted by Crippen LogP contribution is -2.09. The standard InChI is InChI=1S/C11H11BrN4S/c1-7-14-10(16-13)6-11(15-7)17-9-4-2-8(12)3-5-9/h2-6H,13H2,1H3,(H,14,15,16). The Labute approximate surface area is 112 Å². The van der Waals surface area contributed by atoms with Crippen LogP contribution in [0.4, 0.5) is 5.82 Å². The Morgan fingerprint density at radius 1 is 1.24 bits per heavy atom. The number of benzene rings is 1. The molecule has 1 aromatic heterocycles. The fourth-order valence-electron chi connectivity index (χ4n) is 1.29. The number of aryl methyl sites for hydroxylation is 1. The molecule has 0 aliphatic rings. The monoisotopic (exact) mass is 310 g/mol. The van der Waals surface area contributed by atoms with E-state index in [2.05, 4.69) is 31.3 Å². The van der Waals surface area contributed by atoms with Crippen molar-refractivity contribution < 1.29 is 0 Å². The highest BCUT2D eigenvalue weighted by Crippen LogP contribution is 2.28. The van der Waals surface area contributed by atoms with Crippen LogP contribution in [0, 0.1) is 6.92 Å². The zero-order valence-corrected chi connectivity index (χ0v) is 11.5. The number of nitrogens with one attached hydrogen (secondary N) is 1. The van der Waals surface area contributed by atoms with E-state index in [1.54, 1.807) is 11.8 Å². The Balaban J connectivity index is 2.23. The van der Waals surface area contributed by atoms with Crippen LogP contribution in [-0.2, 0) is 0 Å². The Hall–Kier alpha value is -1.11. The summed E-state index contributed by atoms with van der Waals surface area (Å²) in [6.07, 6.45) is 0. The maximum absolute atomic E-state index is 5.35. The van der Waals surface area contributed by atoms with Crippen molar-refractivity contribution in [3.63, 3.8) is 0 Å². The van der Waals surface area contributed by atoms with Crippen molar-refractivity contribution >= 4 is 33.5 Å². The fraction of sp³-hybridized carbons (Fsp3) is 0.0909. The molecule has 0 atom stereocenters. The quantitative estimate of drug-likeness (QED) is 0.518. The number of nitrogens with two attached hydrogens (primary N) is 1. The maximum atomic E-state index is 5.35. The normalized spacial score (nSPS) is 10.3. The van der Waals surface area contributed by atoms with Gasteiger partial charge in [0, 0.05) is 15.4 Å². The lowest BCUT2D eigenvalue weighted by molar-refractivity contribution is 0.964. The van der Waals surface area contributed by atoms with E-state index in [1.165, 1.54) is 0 Å². The third kappa shape index (κ3) is 3.42. The van der Waals surface area contributed by atoms with Crippen LogP contribution >= 0.6 is 27.7 Å². The van der Waals surface area contributed by atoms with Gasteiger partial charge in [-0.25, -0.2) is 15.8 Å². The summed E-state index contributed by atoms with van der Waals surface area (Å²) in [6, 6.07) is 9.88. The number of hydrogen-bond donors (Lipinski definition) is 2. The molecule has 1 heterocycles. The number of nitrogen functional groups attached to an aromatic ring is 1. The summed E-state index contributed by atoms with van der Waals surface area (Å²) >= 11 is 4.98. The van der Waals surface area contributed by atoms with E-state index >= 15 is 0 Å². The molecule has 0 aliphatic carbocycles. The summed E-state index contributed by atoms with van der Waals surface area (Å²) in [7, 11) is 0. The van der Waals surface area contributed by atoms with Crippen LogP contribution in [0.1, 0.15) is 5.82 Å². The molecule has 88 valence electrons. The number of hydrazine groups is 1. The van der Waals surface area contributed by atoms with Gasteiger partial charge >= 0.3 is 0 Å². The zero-order chi connectivity index (χ0) is 12.3. The average Bonchev–Trinajstić information content (AvgIpc) is 2.31. The van der Waals surface area contributed by atoms with Crippen LogP contribution < -0.4 is 11.3 Å². The van der Waals surface area contributed by atoms with Gasteiger partial charge < -0.3 is 5.43 Å². The second kappa shape index (κ2) is 5.48. The van der Waals surface area contributed by atoms with E-state index in [0.717, 1.165) is 14.4 Å². The fourth-order valence-corrected chi connectivity index (χ4v) is 2.42. The van der Waals surface area contributed by atoms with E-state index in [1.807, 2.05) is 37.3 Å². The van der Waals surface area contributed by atoms with E-state index < -0.39 is 0 Å². The van der Waals surface area contributed by atoms with Gasteiger partial charge in [0.15, 0.2) is 0 Å². The molecule has 0 bridgehead atoms. The molecule has 0 aliphatic heterocycles. The minimum absolute atomic E-state index is 0.622. The topological polar surface area (TPSA) is 63.8 Å². The van der Waals surface area contributed by atoms with Crippen molar-refractivity contribution in [2.75, 3.05) is 5.43 Å². The Morgan fingerprint density at radius 2 is 1.94 bits per heavy atom. The first-order valence-electron chi connectivity index (χ1n) is 4.93. The highest BCUT2D eigenvalue weighted by molar-refractivity contribution is 9.10. The number of hydrogen-bond acceptors (Lipinski definition) is 5. The third-order valence-corrected chi connectivity index (χ3v) is 3.45. The highest BCUT2D eigenvalue weighted by atomic mass is 79.9. The van der Waals surface area contributed by atoms with Crippen LogP contribution in [0.2, 0.25) is 0 Å². The lowest BCUT2D eigenvalue weighted by atomic mass is 10.4. The van der Waals surface area contributed by atoms with Crippen molar-refractivity contribution in [2.45, 2.75) is 16.8 Å². The first kappa shape index (κ1) is 12.3. The highest BCUT2D eigenvalue weighted by Gasteiger charge is 2.03. The molecule has 2 rings (SSSR count). The molecule has 1 aromatic carbocycles. The van der Waals surface area contributed by atoms with Gasteiger partial charge in [0.25, 0.3) is 0 Å². The third-order valence-electron chi connectivity index (χ3n) is 2.00. The number of halogens is 1. The van der Waals surface area contributed by atoms with Gasteiger partial charge in [-0.05, 0) is 31.2 Å². The number of aromatic nitrogens is 2. The van der Waals surface area contributed by atoms with Crippen LogP contribution in [0.25, 0.3) is 0 Å². The molecule has 17 heavy (non-hydrogen) atoms. The summed E-state index contributed by atoms with van der Waals surface area (Å²) in [4.78, 5) is 9.60. The molecule has 4 nitrogen and oxygen atoms in total.